The predicted octanol–water partition coefficient (Wildman–Crippen LogP) is 3.24. The molecule has 0 fully saturated rings. The van der Waals surface area contributed by atoms with E-state index in [9.17, 15) is 4.79 Å². The molecule has 0 unspecified atom stereocenters. The van der Waals surface area contributed by atoms with Gasteiger partial charge in [0.1, 0.15) is 0 Å². The van der Waals surface area contributed by atoms with Gasteiger partial charge >= 0.3 is 0 Å². The second kappa shape index (κ2) is 8.15. The van der Waals surface area contributed by atoms with Crippen LogP contribution in [0.25, 0.3) is 6.08 Å². The number of carbonyl (C=O) groups excluding carboxylic acids is 1. The summed E-state index contributed by atoms with van der Waals surface area (Å²) in [7, 11) is 1.64. The van der Waals surface area contributed by atoms with Gasteiger partial charge in [-0.05, 0) is 30.2 Å². The summed E-state index contributed by atoms with van der Waals surface area (Å²) in [6.07, 6.45) is 2.18. The molecule has 0 aliphatic rings. The van der Waals surface area contributed by atoms with Crippen molar-refractivity contribution < 1.29 is 4.79 Å². The number of amides is 1. The Kier molecular flexibility index (Phi) is 5.92. The Bertz CT molecular complexity index is 630. The van der Waals surface area contributed by atoms with E-state index in [4.69, 9.17) is 0 Å². The molecule has 0 heterocycles. The molecule has 0 radical (unpaired) electrons. The molecule has 0 aliphatic carbocycles. The summed E-state index contributed by atoms with van der Waals surface area (Å²) < 4.78 is 0. The quantitative estimate of drug-likeness (QED) is 0.858. The highest BCUT2D eigenvalue weighted by atomic mass is 16.1. The summed E-state index contributed by atoms with van der Waals surface area (Å²) in [5.41, 5.74) is 4.36. The number of hydrogen-bond donors (Lipinski definition) is 2. The molecule has 2 N–H and O–H groups in total. The molecule has 1 amide bonds. The molecule has 0 saturated heterocycles. The van der Waals surface area contributed by atoms with Crippen molar-refractivity contribution in [2.24, 2.45) is 0 Å². The first-order chi connectivity index (χ1) is 10.7. The fraction of sp³-hybridized carbons (Fsp3) is 0.211. The smallest absolute Gasteiger partial charge is 0.251 e. The zero-order valence-electron chi connectivity index (χ0n) is 13.1. The van der Waals surface area contributed by atoms with Crippen molar-refractivity contribution in [3.8, 4) is 0 Å². The number of rotatable bonds is 6. The molecule has 2 rings (SSSR count). The Morgan fingerprint density at radius 2 is 1.73 bits per heavy atom. The van der Waals surface area contributed by atoms with Gasteiger partial charge in [0.2, 0.25) is 0 Å². The largest absolute Gasteiger partial charge is 0.355 e. The van der Waals surface area contributed by atoms with E-state index in [0.29, 0.717) is 5.56 Å². The van der Waals surface area contributed by atoms with Crippen molar-refractivity contribution in [1.29, 1.82) is 0 Å². The van der Waals surface area contributed by atoms with Gasteiger partial charge in [-0.1, -0.05) is 54.1 Å². The average molecular weight is 294 g/mol. The van der Waals surface area contributed by atoms with E-state index < -0.39 is 0 Å². The standard InChI is InChI=1S/C19H22N2O/c1-15(12-16-6-4-3-5-7-16)13-21-14-17-8-10-18(11-9-17)19(22)20-2/h3-12,21H,13-14H2,1-2H3,(H,20,22)/b15-12-. The molecular formula is C19H22N2O. The third kappa shape index (κ3) is 4.86. The summed E-state index contributed by atoms with van der Waals surface area (Å²) in [6, 6.07) is 18.0. The van der Waals surface area contributed by atoms with Gasteiger partial charge in [-0.2, -0.15) is 0 Å². The Labute approximate surface area is 132 Å². The van der Waals surface area contributed by atoms with Crippen molar-refractivity contribution in [3.05, 3.63) is 76.9 Å². The monoisotopic (exact) mass is 294 g/mol. The molecule has 2 aromatic rings. The fourth-order valence-corrected chi connectivity index (χ4v) is 2.21. The minimum absolute atomic E-state index is 0.0545. The first kappa shape index (κ1) is 16.0. The van der Waals surface area contributed by atoms with E-state index in [1.165, 1.54) is 16.7 Å². The summed E-state index contributed by atoms with van der Waals surface area (Å²) in [5, 5.41) is 6.04. The summed E-state index contributed by atoms with van der Waals surface area (Å²) >= 11 is 0. The maximum atomic E-state index is 11.5. The van der Waals surface area contributed by atoms with E-state index >= 15 is 0 Å². The zero-order valence-corrected chi connectivity index (χ0v) is 13.1. The third-order valence-corrected chi connectivity index (χ3v) is 3.39. The van der Waals surface area contributed by atoms with Crippen LogP contribution in [0.3, 0.4) is 0 Å². The highest BCUT2D eigenvalue weighted by Crippen LogP contribution is 2.07. The maximum absolute atomic E-state index is 11.5. The van der Waals surface area contributed by atoms with Gasteiger partial charge in [0, 0.05) is 25.7 Å². The second-order valence-electron chi connectivity index (χ2n) is 5.28. The molecule has 0 aliphatic heterocycles. The minimum Gasteiger partial charge on any atom is -0.355 e. The van der Waals surface area contributed by atoms with Crippen LogP contribution in [0.15, 0.2) is 60.2 Å². The lowest BCUT2D eigenvalue weighted by Crippen LogP contribution is -2.18. The molecule has 3 heteroatoms. The van der Waals surface area contributed by atoms with Crippen LogP contribution in [0.2, 0.25) is 0 Å². The predicted molar refractivity (Wildman–Crippen MR) is 91.6 cm³/mol. The van der Waals surface area contributed by atoms with Crippen molar-refractivity contribution in [2.45, 2.75) is 13.5 Å². The maximum Gasteiger partial charge on any atom is 0.251 e. The van der Waals surface area contributed by atoms with Gasteiger partial charge in [0.15, 0.2) is 0 Å². The number of benzene rings is 2. The lowest BCUT2D eigenvalue weighted by Gasteiger charge is -2.07. The molecular weight excluding hydrogens is 272 g/mol. The van der Waals surface area contributed by atoms with Crippen molar-refractivity contribution >= 4 is 12.0 Å². The summed E-state index contributed by atoms with van der Waals surface area (Å²) in [4.78, 5) is 11.5. The van der Waals surface area contributed by atoms with E-state index in [1.54, 1.807) is 7.05 Å². The van der Waals surface area contributed by atoms with Crippen molar-refractivity contribution in [2.75, 3.05) is 13.6 Å². The van der Waals surface area contributed by atoms with Gasteiger partial charge in [-0.15, -0.1) is 0 Å². The molecule has 2 aromatic carbocycles. The lowest BCUT2D eigenvalue weighted by molar-refractivity contribution is 0.0963. The van der Waals surface area contributed by atoms with Crippen LogP contribution in [0.1, 0.15) is 28.4 Å². The third-order valence-electron chi connectivity index (χ3n) is 3.39. The summed E-state index contributed by atoms with van der Waals surface area (Å²) in [5.74, 6) is -0.0545. The van der Waals surface area contributed by atoms with Gasteiger partial charge in [0.25, 0.3) is 5.91 Å². The SMILES string of the molecule is CNC(=O)c1ccc(CNC/C(C)=C\c2ccccc2)cc1. The van der Waals surface area contributed by atoms with Crippen LogP contribution >= 0.6 is 0 Å². The van der Waals surface area contributed by atoms with Crippen LogP contribution < -0.4 is 10.6 Å². The lowest BCUT2D eigenvalue weighted by atomic mass is 10.1. The molecule has 0 saturated carbocycles. The normalized spacial score (nSPS) is 11.3. The van der Waals surface area contributed by atoms with E-state index in [1.807, 2.05) is 42.5 Å². The Hall–Kier alpha value is -2.39. The van der Waals surface area contributed by atoms with Crippen LogP contribution in [0.5, 0.6) is 0 Å². The molecule has 0 bridgehead atoms. The van der Waals surface area contributed by atoms with Crippen molar-refractivity contribution in [1.82, 2.24) is 10.6 Å². The highest BCUT2D eigenvalue weighted by molar-refractivity contribution is 5.93. The van der Waals surface area contributed by atoms with Crippen molar-refractivity contribution in [3.63, 3.8) is 0 Å². The van der Waals surface area contributed by atoms with Crippen LogP contribution in [-0.4, -0.2) is 19.5 Å². The number of nitrogens with one attached hydrogen (secondary N) is 2. The van der Waals surface area contributed by atoms with Crippen LogP contribution in [0.4, 0.5) is 0 Å². The Morgan fingerprint density at radius 3 is 2.36 bits per heavy atom. The van der Waals surface area contributed by atoms with E-state index in [-0.39, 0.29) is 5.91 Å². The van der Waals surface area contributed by atoms with E-state index in [0.717, 1.165) is 13.1 Å². The van der Waals surface area contributed by atoms with Gasteiger partial charge < -0.3 is 10.6 Å². The Morgan fingerprint density at radius 1 is 1.05 bits per heavy atom. The molecule has 22 heavy (non-hydrogen) atoms. The number of carbonyl (C=O) groups is 1. The fourth-order valence-electron chi connectivity index (χ4n) is 2.21. The number of hydrogen-bond acceptors (Lipinski definition) is 2. The van der Waals surface area contributed by atoms with E-state index in [2.05, 4.69) is 35.8 Å². The molecule has 0 aromatic heterocycles. The highest BCUT2D eigenvalue weighted by Gasteiger charge is 2.02. The second-order valence-corrected chi connectivity index (χ2v) is 5.28. The van der Waals surface area contributed by atoms with Gasteiger partial charge in [-0.3, -0.25) is 4.79 Å². The first-order valence-electron chi connectivity index (χ1n) is 7.43. The first-order valence-corrected chi connectivity index (χ1v) is 7.43. The molecule has 0 spiro atoms. The molecule has 0 atom stereocenters. The molecule has 114 valence electrons. The minimum atomic E-state index is -0.0545. The van der Waals surface area contributed by atoms with Crippen LogP contribution in [-0.2, 0) is 6.54 Å². The zero-order chi connectivity index (χ0) is 15.8. The average Bonchev–Trinajstić information content (AvgIpc) is 2.55. The Balaban J connectivity index is 1.83. The summed E-state index contributed by atoms with van der Waals surface area (Å²) in [6.45, 7) is 3.74. The van der Waals surface area contributed by atoms with Crippen LogP contribution in [0, 0.1) is 0 Å². The topological polar surface area (TPSA) is 41.1 Å². The van der Waals surface area contributed by atoms with Gasteiger partial charge in [0.05, 0.1) is 0 Å². The molecule has 3 nitrogen and oxygen atoms in total. The van der Waals surface area contributed by atoms with Gasteiger partial charge in [-0.25, -0.2) is 0 Å².